The van der Waals surface area contributed by atoms with E-state index in [2.05, 4.69) is 11.7 Å². The second kappa shape index (κ2) is 11.3. The highest BCUT2D eigenvalue weighted by atomic mass is 16.7. The van der Waals surface area contributed by atoms with Crippen LogP contribution in [0.25, 0.3) is 0 Å². The SMILES string of the molecule is CCCCCCCCCCCOC([O])=O. The molecule has 0 aliphatic carbocycles. The molecule has 0 fully saturated rings. The average molecular weight is 215 g/mol. The highest BCUT2D eigenvalue weighted by Crippen LogP contribution is 2.09. The zero-order valence-corrected chi connectivity index (χ0v) is 9.80. The Morgan fingerprint density at radius 2 is 1.33 bits per heavy atom. The van der Waals surface area contributed by atoms with Crippen LogP contribution >= 0.6 is 0 Å². The first kappa shape index (κ1) is 14.3. The summed E-state index contributed by atoms with van der Waals surface area (Å²) in [7, 11) is 0. The number of ether oxygens (including phenoxy) is 1. The van der Waals surface area contributed by atoms with E-state index in [0.29, 0.717) is 0 Å². The van der Waals surface area contributed by atoms with E-state index in [9.17, 15) is 9.90 Å². The fourth-order valence-electron chi connectivity index (χ4n) is 1.57. The van der Waals surface area contributed by atoms with Gasteiger partial charge in [-0.1, -0.05) is 58.3 Å². The van der Waals surface area contributed by atoms with Crippen LogP contribution in [0.5, 0.6) is 0 Å². The maximum absolute atomic E-state index is 9.90. The highest BCUT2D eigenvalue weighted by Gasteiger charge is 1.97. The molecule has 3 heteroatoms. The zero-order chi connectivity index (χ0) is 11.4. The molecule has 0 aliphatic heterocycles. The zero-order valence-electron chi connectivity index (χ0n) is 9.80. The van der Waals surface area contributed by atoms with Crippen LogP contribution in [0, 0.1) is 0 Å². The molecule has 0 saturated heterocycles. The molecule has 0 N–H and O–H groups in total. The third kappa shape index (κ3) is 13.3. The molecule has 3 nitrogen and oxygen atoms in total. The summed E-state index contributed by atoms with van der Waals surface area (Å²) in [5, 5.41) is 9.90. The second-order valence-corrected chi connectivity index (χ2v) is 3.93. The first-order chi connectivity index (χ1) is 7.27. The molecule has 0 rings (SSSR count). The van der Waals surface area contributed by atoms with E-state index < -0.39 is 6.16 Å². The predicted molar refractivity (Wildman–Crippen MR) is 59.3 cm³/mol. The van der Waals surface area contributed by atoms with Gasteiger partial charge in [-0.25, -0.2) is 0 Å². The Bertz CT molecular complexity index is 146. The molecule has 0 heterocycles. The molecule has 0 saturated carbocycles. The van der Waals surface area contributed by atoms with Crippen molar-refractivity contribution in [3.05, 3.63) is 0 Å². The number of carbonyl (C=O) groups excluding carboxylic acids is 1. The standard InChI is InChI=1S/C12H23O3/c1-2-3-4-5-6-7-8-9-10-11-15-12(13)14/h2-11H2,1H3. The van der Waals surface area contributed by atoms with Crippen molar-refractivity contribution in [1.29, 1.82) is 0 Å². The molecule has 0 aromatic rings. The van der Waals surface area contributed by atoms with Crippen molar-refractivity contribution in [3.63, 3.8) is 0 Å². The number of unbranched alkanes of at least 4 members (excludes halogenated alkanes) is 8. The third-order valence-electron chi connectivity index (χ3n) is 2.47. The Morgan fingerprint density at radius 1 is 0.867 bits per heavy atom. The Labute approximate surface area is 92.8 Å². The van der Waals surface area contributed by atoms with Gasteiger partial charge < -0.3 is 4.74 Å². The fraction of sp³-hybridized carbons (Fsp3) is 0.917. The summed E-state index contributed by atoms with van der Waals surface area (Å²) >= 11 is 0. The van der Waals surface area contributed by atoms with Gasteiger partial charge in [0, 0.05) is 0 Å². The molecule has 0 unspecified atom stereocenters. The van der Waals surface area contributed by atoms with Crippen LogP contribution in [-0.4, -0.2) is 12.8 Å². The van der Waals surface area contributed by atoms with E-state index in [4.69, 9.17) is 0 Å². The molecular weight excluding hydrogens is 192 g/mol. The molecule has 0 aromatic heterocycles. The summed E-state index contributed by atoms with van der Waals surface area (Å²) in [4.78, 5) is 9.90. The lowest BCUT2D eigenvalue weighted by Crippen LogP contribution is -1.99. The Kier molecular flexibility index (Phi) is 10.8. The van der Waals surface area contributed by atoms with Crippen molar-refractivity contribution < 1.29 is 14.6 Å². The Hall–Kier alpha value is -0.730. The lowest BCUT2D eigenvalue weighted by Gasteiger charge is -2.01. The molecule has 89 valence electrons. The van der Waals surface area contributed by atoms with Crippen molar-refractivity contribution in [3.8, 4) is 0 Å². The molecule has 0 bridgehead atoms. The van der Waals surface area contributed by atoms with Gasteiger partial charge in [-0.3, -0.25) is 0 Å². The highest BCUT2D eigenvalue weighted by molar-refractivity contribution is 5.56. The predicted octanol–water partition coefficient (Wildman–Crippen LogP) is 4.08. The summed E-state index contributed by atoms with van der Waals surface area (Å²) in [5.74, 6) is 0. The summed E-state index contributed by atoms with van der Waals surface area (Å²) in [6.07, 6.45) is 9.55. The normalized spacial score (nSPS) is 10.2. The smallest absolute Gasteiger partial charge is 0.432 e. The van der Waals surface area contributed by atoms with Crippen LogP contribution in [-0.2, 0) is 9.84 Å². The van der Waals surface area contributed by atoms with Gasteiger partial charge in [-0.15, -0.1) is 0 Å². The minimum atomic E-state index is -1.41. The number of rotatable bonds is 10. The van der Waals surface area contributed by atoms with Gasteiger partial charge in [0.15, 0.2) is 0 Å². The largest absolute Gasteiger partial charge is 0.549 e. The lowest BCUT2D eigenvalue weighted by molar-refractivity contribution is 0.0664. The van der Waals surface area contributed by atoms with E-state index in [-0.39, 0.29) is 6.61 Å². The summed E-state index contributed by atoms with van der Waals surface area (Å²) < 4.78 is 4.31. The summed E-state index contributed by atoms with van der Waals surface area (Å²) in [6.45, 7) is 2.51. The van der Waals surface area contributed by atoms with E-state index in [0.717, 1.165) is 12.8 Å². The van der Waals surface area contributed by atoms with Crippen LogP contribution in [0.3, 0.4) is 0 Å². The van der Waals surface area contributed by atoms with Crippen molar-refractivity contribution >= 4 is 6.16 Å². The molecule has 0 amide bonds. The minimum absolute atomic E-state index is 0.290. The molecule has 0 aromatic carbocycles. The first-order valence-corrected chi connectivity index (χ1v) is 6.11. The first-order valence-electron chi connectivity index (χ1n) is 6.11. The molecule has 0 atom stereocenters. The van der Waals surface area contributed by atoms with Gasteiger partial charge >= 0.3 is 6.16 Å². The van der Waals surface area contributed by atoms with Gasteiger partial charge in [0.25, 0.3) is 0 Å². The van der Waals surface area contributed by atoms with E-state index >= 15 is 0 Å². The van der Waals surface area contributed by atoms with Gasteiger partial charge in [-0.05, 0) is 6.42 Å². The summed E-state index contributed by atoms with van der Waals surface area (Å²) in [6, 6.07) is 0. The second-order valence-electron chi connectivity index (χ2n) is 3.93. The topological polar surface area (TPSA) is 46.2 Å². The van der Waals surface area contributed by atoms with Crippen molar-refractivity contribution in [2.75, 3.05) is 6.61 Å². The average Bonchev–Trinajstić information content (AvgIpc) is 2.20. The maximum Gasteiger partial charge on any atom is 0.549 e. The van der Waals surface area contributed by atoms with Gasteiger partial charge in [0.2, 0.25) is 0 Å². The molecular formula is C12H23O3. The van der Waals surface area contributed by atoms with E-state index in [1.54, 1.807) is 0 Å². The van der Waals surface area contributed by atoms with Gasteiger partial charge in [-0.2, -0.15) is 9.90 Å². The van der Waals surface area contributed by atoms with Crippen LogP contribution in [0.1, 0.15) is 64.7 Å². The molecule has 1 radical (unpaired) electrons. The minimum Gasteiger partial charge on any atom is -0.432 e. The number of hydrogen-bond acceptors (Lipinski definition) is 2. The Balaban J connectivity index is 2.89. The monoisotopic (exact) mass is 215 g/mol. The van der Waals surface area contributed by atoms with Crippen molar-refractivity contribution in [1.82, 2.24) is 0 Å². The van der Waals surface area contributed by atoms with Crippen molar-refractivity contribution in [2.24, 2.45) is 0 Å². The van der Waals surface area contributed by atoms with Crippen LogP contribution in [0.15, 0.2) is 0 Å². The quantitative estimate of drug-likeness (QED) is 0.407. The van der Waals surface area contributed by atoms with E-state index in [1.165, 1.54) is 44.9 Å². The lowest BCUT2D eigenvalue weighted by atomic mass is 10.1. The maximum atomic E-state index is 9.90. The van der Waals surface area contributed by atoms with Crippen LogP contribution in [0.4, 0.5) is 4.79 Å². The third-order valence-corrected chi connectivity index (χ3v) is 2.47. The molecule has 0 aliphatic rings. The van der Waals surface area contributed by atoms with Gasteiger partial charge in [0.05, 0.1) is 6.61 Å². The van der Waals surface area contributed by atoms with Crippen molar-refractivity contribution in [2.45, 2.75) is 64.7 Å². The molecule has 0 spiro atoms. The van der Waals surface area contributed by atoms with Crippen LogP contribution < -0.4 is 0 Å². The van der Waals surface area contributed by atoms with E-state index in [1.807, 2.05) is 0 Å². The van der Waals surface area contributed by atoms with Gasteiger partial charge in [0.1, 0.15) is 0 Å². The molecule has 15 heavy (non-hydrogen) atoms. The number of hydrogen-bond donors (Lipinski definition) is 0. The number of carbonyl (C=O) groups is 1. The fourth-order valence-corrected chi connectivity index (χ4v) is 1.57. The van der Waals surface area contributed by atoms with Crippen LogP contribution in [0.2, 0.25) is 0 Å². The Morgan fingerprint density at radius 3 is 1.80 bits per heavy atom. The summed E-state index contributed by atoms with van der Waals surface area (Å²) in [5.41, 5.74) is 0.